The molecule has 7 heteroatoms. The molecule has 2 aromatic heterocycles. The number of aryl methyl sites for hydroxylation is 1. The van der Waals surface area contributed by atoms with Crippen LogP contribution in [0.4, 0.5) is 0 Å². The zero-order valence-electron chi connectivity index (χ0n) is 11.3. The van der Waals surface area contributed by atoms with Gasteiger partial charge in [-0.2, -0.15) is 0 Å². The summed E-state index contributed by atoms with van der Waals surface area (Å²) in [6, 6.07) is 10.3. The van der Waals surface area contributed by atoms with Gasteiger partial charge in [0, 0.05) is 22.8 Å². The lowest BCUT2D eigenvalue weighted by molar-refractivity contribution is 0.539. The van der Waals surface area contributed by atoms with Gasteiger partial charge < -0.3 is 4.57 Å². The maximum atomic E-state index is 5.75. The molecular weight excluding hydrogens is 416 g/mol. The largest absolute Gasteiger partial charge is 0.331 e. The molecule has 0 saturated heterocycles. The summed E-state index contributed by atoms with van der Waals surface area (Å²) in [5, 5.41) is 0. The molecule has 0 aliphatic rings. The van der Waals surface area contributed by atoms with Crippen molar-refractivity contribution in [3.05, 3.63) is 49.3 Å². The number of imidazole rings is 1. The first-order valence-electron chi connectivity index (χ1n) is 6.41. The van der Waals surface area contributed by atoms with Crippen molar-refractivity contribution >= 4 is 54.2 Å². The van der Waals surface area contributed by atoms with Crippen molar-refractivity contribution in [1.29, 1.82) is 0 Å². The molecule has 0 bridgehead atoms. The van der Waals surface area contributed by atoms with Gasteiger partial charge in [-0.1, -0.05) is 12.1 Å². The first kappa shape index (κ1) is 15.2. The average molecular weight is 430 g/mol. The summed E-state index contributed by atoms with van der Waals surface area (Å²) in [5.41, 5.74) is 5.04. The van der Waals surface area contributed by atoms with Gasteiger partial charge in [0.1, 0.15) is 5.82 Å². The number of aromatic nitrogens is 2. The van der Waals surface area contributed by atoms with Crippen LogP contribution in [0, 0.1) is 0 Å². The van der Waals surface area contributed by atoms with E-state index in [1.54, 1.807) is 11.3 Å². The molecular formula is C14H14Br2N4S. The SMILES string of the molecule is Cn1c(CC(NN)c2cc(Br)c(Br)s2)nc2ccccc21. The Morgan fingerprint density at radius 3 is 2.76 bits per heavy atom. The summed E-state index contributed by atoms with van der Waals surface area (Å²) >= 11 is 8.71. The molecule has 1 aromatic carbocycles. The predicted octanol–water partition coefficient (Wildman–Crippen LogP) is 3.91. The maximum absolute atomic E-state index is 5.75. The Balaban J connectivity index is 1.94. The van der Waals surface area contributed by atoms with E-state index in [9.17, 15) is 0 Å². The van der Waals surface area contributed by atoms with Crippen LogP contribution in [0.2, 0.25) is 0 Å². The fourth-order valence-corrected chi connectivity index (χ4v) is 4.49. The van der Waals surface area contributed by atoms with E-state index in [0.717, 1.165) is 31.5 Å². The molecule has 3 N–H and O–H groups in total. The number of fused-ring (bicyclic) bond motifs is 1. The Labute approximate surface area is 143 Å². The highest BCUT2D eigenvalue weighted by molar-refractivity contribution is 9.13. The van der Waals surface area contributed by atoms with Crippen LogP contribution in [-0.4, -0.2) is 9.55 Å². The number of benzene rings is 1. The Morgan fingerprint density at radius 2 is 2.14 bits per heavy atom. The standard InChI is InChI=1S/C14H14Br2N4S/c1-20-11-5-3-2-4-9(11)18-13(20)7-10(19-17)12-6-8(15)14(16)21-12/h2-6,10,19H,7,17H2,1H3. The maximum Gasteiger partial charge on any atom is 0.111 e. The van der Waals surface area contributed by atoms with Gasteiger partial charge in [-0.15, -0.1) is 11.3 Å². The van der Waals surface area contributed by atoms with Crippen LogP contribution >= 0.6 is 43.2 Å². The van der Waals surface area contributed by atoms with Crippen molar-refractivity contribution in [2.75, 3.05) is 0 Å². The summed E-state index contributed by atoms with van der Waals surface area (Å²) in [4.78, 5) is 5.87. The number of para-hydroxylation sites is 2. The van der Waals surface area contributed by atoms with Gasteiger partial charge in [-0.3, -0.25) is 11.3 Å². The monoisotopic (exact) mass is 428 g/mol. The minimum atomic E-state index is 0.0353. The van der Waals surface area contributed by atoms with Crippen LogP contribution in [0.1, 0.15) is 16.7 Å². The van der Waals surface area contributed by atoms with E-state index < -0.39 is 0 Å². The lowest BCUT2D eigenvalue weighted by Gasteiger charge is -2.13. The molecule has 0 aliphatic carbocycles. The summed E-state index contributed by atoms with van der Waals surface area (Å²) in [6.07, 6.45) is 0.737. The van der Waals surface area contributed by atoms with Gasteiger partial charge in [0.15, 0.2) is 0 Å². The molecule has 0 spiro atoms. The lowest BCUT2D eigenvalue weighted by Crippen LogP contribution is -2.29. The number of hydrogen-bond donors (Lipinski definition) is 2. The van der Waals surface area contributed by atoms with Gasteiger partial charge in [0.25, 0.3) is 0 Å². The second-order valence-corrected chi connectivity index (χ2v) is 8.03. The molecule has 110 valence electrons. The van der Waals surface area contributed by atoms with Crippen LogP contribution in [0.15, 0.2) is 38.6 Å². The second-order valence-electron chi connectivity index (χ2n) is 4.77. The van der Waals surface area contributed by atoms with E-state index in [4.69, 9.17) is 10.8 Å². The summed E-state index contributed by atoms with van der Waals surface area (Å²) in [5.74, 6) is 6.76. The van der Waals surface area contributed by atoms with E-state index in [-0.39, 0.29) is 6.04 Å². The van der Waals surface area contributed by atoms with Crippen molar-refractivity contribution < 1.29 is 0 Å². The van der Waals surface area contributed by atoms with E-state index >= 15 is 0 Å². The van der Waals surface area contributed by atoms with Gasteiger partial charge in [-0.25, -0.2) is 4.98 Å². The molecule has 1 atom stereocenters. The quantitative estimate of drug-likeness (QED) is 0.488. The van der Waals surface area contributed by atoms with Crippen molar-refractivity contribution in [3.8, 4) is 0 Å². The minimum absolute atomic E-state index is 0.0353. The van der Waals surface area contributed by atoms with E-state index in [1.165, 1.54) is 4.88 Å². The van der Waals surface area contributed by atoms with E-state index in [0.29, 0.717) is 0 Å². The molecule has 0 radical (unpaired) electrons. The lowest BCUT2D eigenvalue weighted by atomic mass is 10.2. The molecule has 0 fully saturated rings. The molecule has 4 nitrogen and oxygen atoms in total. The van der Waals surface area contributed by atoms with Crippen molar-refractivity contribution in [1.82, 2.24) is 15.0 Å². The Morgan fingerprint density at radius 1 is 1.38 bits per heavy atom. The van der Waals surface area contributed by atoms with Crippen molar-refractivity contribution in [2.24, 2.45) is 12.9 Å². The van der Waals surface area contributed by atoms with Crippen LogP contribution in [-0.2, 0) is 13.5 Å². The fourth-order valence-electron chi connectivity index (χ4n) is 2.34. The highest BCUT2D eigenvalue weighted by Crippen LogP contribution is 2.36. The smallest absolute Gasteiger partial charge is 0.111 e. The number of nitrogens with two attached hydrogens (primary N) is 1. The predicted molar refractivity (Wildman–Crippen MR) is 94.2 cm³/mol. The topological polar surface area (TPSA) is 55.9 Å². The third-order valence-electron chi connectivity index (χ3n) is 3.48. The van der Waals surface area contributed by atoms with Crippen LogP contribution in [0.25, 0.3) is 11.0 Å². The molecule has 1 unspecified atom stereocenters. The Hall–Kier alpha value is -0.730. The van der Waals surface area contributed by atoms with Crippen LogP contribution in [0.5, 0.6) is 0 Å². The first-order chi connectivity index (χ1) is 10.1. The zero-order valence-corrected chi connectivity index (χ0v) is 15.3. The number of nitrogens with zero attached hydrogens (tertiary/aromatic N) is 2. The van der Waals surface area contributed by atoms with Gasteiger partial charge >= 0.3 is 0 Å². The Bertz CT molecular complexity index is 761. The van der Waals surface area contributed by atoms with Gasteiger partial charge in [0.05, 0.1) is 20.9 Å². The average Bonchev–Trinajstić information content (AvgIpc) is 2.98. The molecule has 0 amide bonds. The number of hydrogen-bond acceptors (Lipinski definition) is 4. The van der Waals surface area contributed by atoms with Crippen LogP contribution < -0.4 is 11.3 Å². The fraction of sp³-hybridized carbons (Fsp3) is 0.214. The highest BCUT2D eigenvalue weighted by Gasteiger charge is 2.18. The van der Waals surface area contributed by atoms with Gasteiger partial charge in [-0.05, 0) is 50.1 Å². The number of nitrogens with one attached hydrogen (secondary N) is 1. The number of thiophene rings is 1. The number of rotatable bonds is 4. The molecule has 21 heavy (non-hydrogen) atoms. The first-order valence-corrected chi connectivity index (χ1v) is 8.81. The zero-order chi connectivity index (χ0) is 15.0. The van der Waals surface area contributed by atoms with E-state index in [1.807, 2.05) is 25.2 Å². The van der Waals surface area contributed by atoms with Crippen LogP contribution in [0.3, 0.4) is 0 Å². The third kappa shape index (κ3) is 2.93. The molecule has 3 aromatic rings. The third-order valence-corrected chi connectivity index (χ3v) is 6.85. The normalized spacial score (nSPS) is 13.0. The highest BCUT2D eigenvalue weighted by atomic mass is 79.9. The second kappa shape index (κ2) is 6.18. The molecule has 0 saturated carbocycles. The number of hydrazine groups is 1. The Kier molecular flexibility index (Phi) is 4.46. The summed E-state index contributed by atoms with van der Waals surface area (Å²) in [7, 11) is 2.04. The summed E-state index contributed by atoms with van der Waals surface area (Å²) < 4.78 is 4.24. The van der Waals surface area contributed by atoms with Crippen molar-refractivity contribution in [3.63, 3.8) is 0 Å². The minimum Gasteiger partial charge on any atom is -0.331 e. The van der Waals surface area contributed by atoms with Gasteiger partial charge in [0.2, 0.25) is 0 Å². The van der Waals surface area contributed by atoms with Crippen molar-refractivity contribution in [2.45, 2.75) is 12.5 Å². The molecule has 0 aliphatic heterocycles. The van der Waals surface area contributed by atoms with E-state index in [2.05, 4.69) is 54.0 Å². The number of halogens is 2. The molecule has 2 heterocycles. The molecule has 3 rings (SSSR count). The summed E-state index contributed by atoms with van der Waals surface area (Å²) in [6.45, 7) is 0.